The number of hydrogen-bond acceptors (Lipinski definition) is 5. The summed E-state index contributed by atoms with van der Waals surface area (Å²) in [4.78, 5) is 36.5. The van der Waals surface area contributed by atoms with Gasteiger partial charge in [0.2, 0.25) is 0 Å². The summed E-state index contributed by atoms with van der Waals surface area (Å²) in [5, 5.41) is 3.36. The van der Waals surface area contributed by atoms with Gasteiger partial charge in [0.1, 0.15) is 11.1 Å². The fourth-order valence-electron chi connectivity index (χ4n) is 2.64. The molecule has 0 radical (unpaired) electrons. The van der Waals surface area contributed by atoms with Gasteiger partial charge in [-0.25, -0.2) is 4.79 Å². The number of nitrogens with one attached hydrogen (secondary N) is 1. The Kier molecular flexibility index (Phi) is 5.12. The zero-order chi connectivity index (χ0) is 18.5. The van der Waals surface area contributed by atoms with Crippen molar-refractivity contribution in [2.24, 2.45) is 0 Å². The molecule has 0 saturated heterocycles. The van der Waals surface area contributed by atoms with Gasteiger partial charge in [0.25, 0.3) is 5.91 Å². The average Bonchev–Trinajstić information content (AvgIpc) is 2.67. The second-order valence-corrected chi connectivity index (χ2v) is 5.70. The van der Waals surface area contributed by atoms with Gasteiger partial charge < -0.3 is 14.5 Å². The first-order valence-corrected chi connectivity index (χ1v) is 8.04. The van der Waals surface area contributed by atoms with Gasteiger partial charge in [0, 0.05) is 5.39 Å². The van der Waals surface area contributed by atoms with Crippen molar-refractivity contribution in [3.63, 3.8) is 0 Å². The lowest BCUT2D eigenvalue weighted by Crippen LogP contribution is -2.33. The van der Waals surface area contributed by atoms with Crippen LogP contribution in [0.25, 0.3) is 11.0 Å². The molecule has 1 N–H and O–H groups in total. The van der Waals surface area contributed by atoms with Crippen LogP contribution in [0.3, 0.4) is 0 Å². The summed E-state index contributed by atoms with van der Waals surface area (Å²) in [6.07, 6.45) is -0.0504. The maximum Gasteiger partial charge on any atom is 0.349 e. The molecule has 6 nitrogen and oxygen atoms in total. The summed E-state index contributed by atoms with van der Waals surface area (Å²) < 4.78 is 9.90. The Hall–Kier alpha value is -3.41. The minimum atomic E-state index is -0.730. The third-order valence-corrected chi connectivity index (χ3v) is 3.99. The smallest absolute Gasteiger partial charge is 0.349 e. The van der Waals surface area contributed by atoms with Gasteiger partial charge in [-0.05, 0) is 17.7 Å². The van der Waals surface area contributed by atoms with Gasteiger partial charge in [-0.1, -0.05) is 48.5 Å². The molecule has 0 saturated carbocycles. The highest BCUT2D eigenvalue weighted by atomic mass is 16.5. The van der Waals surface area contributed by atoms with E-state index in [-0.39, 0.29) is 12.0 Å². The van der Waals surface area contributed by atoms with Crippen LogP contribution in [-0.2, 0) is 9.53 Å². The SMILES string of the molecule is COC(=O)CC(NC(=O)c1cc2ccccc2oc1=O)c1ccccc1. The number of carbonyl (C=O) groups is 2. The third kappa shape index (κ3) is 3.80. The molecular formula is C20H17NO5. The Morgan fingerprint density at radius 3 is 2.50 bits per heavy atom. The fourth-order valence-corrected chi connectivity index (χ4v) is 2.64. The van der Waals surface area contributed by atoms with Crippen molar-refractivity contribution in [3.05, 3.63) is 82.2 Å². The van der Waals surface area contributed by atoms with Crippen LogP contribution in [0.4, 0.5) is 0 Å². The topological polar surface area (TPSA) is 85.6 Å². The molecule has 2 aromatic carbocycles. The molecule has 132 valence electrons. The highest BCUT2D eigenvalue weighted by Crippen LogP contribution is 2.18. The van der Waals surface area contributed by atoms with E-state index in [0.717, 1.165) is 5.56 Å². The van der Waals surface area contributed by atoms with Crippen LogP contribution in [0, 0.1) is 0 Å². The first-order valence-electron chi connectivity index (χ1n) is 8.04. The maximum atomic E-state index is 12.6. The summed E-state index contributed by atoms with van der Waals surface area (Å²) in [7, 11) is 1.28. The van der Waals surface area contributed by atoms with Crippen molar-refractivity contribution in [2.45, 2.75) is 12.5 Å². The van der Waals surface area contributed by atoms with Gasteiger partial charge in [0.05, 0.1) is 19.6 Å². The van der Waals surface area contributed by atoms with Crippen LogP contribution in [0.1, 0.15) is 28.4 Å². The minimum Gasteiger partial charge on any atom is -0.469 e. The number of fused-ring (bicyclic) bond motifs is 1. The molecule has 3 rings (SSSR count). The summed E-state index contributed by atoms with van der Waals surface area (Å²) in [5.74, 6) is -1.08. The van der Waals surface area contributed by atoms with Crippen LogP contribution < -0.4 is 10.9 Å². The molecule has 1 unspecified atom stereocenters. The molecule has 0 spiro atoms. The molecule has 0 aliphatic heterocycles. The Balaban J connectivity index is 1.91. The van der Waals surface area contributed by atoms with Crippen molar-refractivity contribution >= 4 is 22.8 Å². The number of hydrogen-bond donors (Lipinski definition) is 1. The largest absolute Gasteiger partial charge is 0.469 e. The van der Waals surface area contributed by atoms with Crippen molar-refractivity contribution in [3.8, 4) is 0 Å². The van der Waals surface area contributed by atoms with E-state index in [4.69, 9.17) is 9.15 Å². The number of carbonyl (C=O) groups excluding carboxylic acids is 2. The van der Waals surface area contributed by atoms with Gasteiger partial charge in [-0.2, -0.15) is 0 Å². The Bertz CT molecular complexity index is 994. The number of amides is 1. The first-order chi connectivity index (χ1) is 12.6. The lowest BCUT2D eigenvalue weighted by Gasteiger charge is -2.18. The molecule has 1 amide bonds. The van der Waals surface area contributed by atoms with E-state index < -0.39 is 23.5 Å². The maximum absolute atomic E-state index is 12.6. The second-order valence-electron chi connectivity index (χ2n) is 5.70. The zero-order valence-corrected chi connectivity index (χ0v) is 14.1. The lowest BCUT2D eigenvalue weighted by atomic mass is 10.0. The molecule has 3 aromatic rings. The number of esters is 1. The molecule has 1 atom stereocenters. The van der Waals surface area contributed by atoms with Gasteiger partial charge in [0.15, 0.2) is 0 Å². The molecule has 1 heterocycles. The molecule has 0 aliphatic carbocycles. The van der Waals surface area contributed by atoms with E-state index in [0.29, 0.717) is 11.0 Å². The van der Waals surface area contributed by atoms with Crippen LogP contribution >= 0.6 is 0 Å². The number of rotatable bonds is 5. The number of methoxy groups -OCH3 is 1. The van der Waals surface area contributed by atoms with Crippen molar-refractivity contribution in [1.29, 1.82) is 0 Å². The molecule has 6 heteroatoms. The van der Waals surface area contributed by atoms with Crippen LogP contribution in [0.2, 0.25) is 0 Å². The Labute approximate surface area is 149 Å². The Morgan fingerprint density at radius 2 is 1.77 bits per heavy atom. The van der Waals surface area contributed by atoms with Gasteiger partial charge in [-0.3, -0.25) is 9.59 Å². The van der Waals surface area contributed by atoms with Crippen molar-refractivity contribution in [1.82, 2.24) is 5.32 Å². The fraction of sp³-hybridized carbons (Fsp3) is 0.150. The lowest BCUT2D eigenvalue weighted by molar-refractivity contribution is -0.141. The minimum absolute atomic E-state index is 0.0504. The van der Waals surface area contributed by atoms with E-state index in [1.165, 1.54) is 13.2 Å². The van der Waals surface area contributed by atoms with Crippen LogP contribution in [0.5, 0.6) is 0 Å². The standard InChI is InChI=1S/C20H17NO5/c1-25-18(22)12-16(13-7-3-2-4-8-13)21-19(23)15-11-14-9-5-6-10-17(14)26-20(15)24/h2-11,16H,12H2,1H3,(H,21,23). The van der Waals surface area contributed by atoms with Crippen LogP contribution in [-0.4, -0.2) is 19.0 Å². The van der Waals surface area contributed by atoms with E-state index in [9.17, 15) is 14.4 Å². The van der Waals surface area contributed by atoms with Crippen LogP contribution in [0.15, 0.2) is 69.9 Å². The van der Waals surface area contributed by atoms with E-state index in [2.05, 4.69) is 5.32 Å². The highest BCUT2D eigenvalue weighted by molar-refractivity contribution is 5.97. The summed E-state index contributed by atoms with van der Waals surface area (Å²) in [5.41, 5.74) is 0.292. The van der Waals surface area contributed by atoms with Gasteiger partial charge in [-0.15, -0.1) is 0 Å². The molecule has 26 heavy (non-hydrogen) atoms. The normalized spacial score (nSPS) is 11.7. The number of para-hydroxylation sites is 1. The molecule has 0 aliphatic rings. The molecule has 0 bridgehead atoms. The predicted molar refractivity (Wildman–Crippen MR) is 95.8 cm³/mol. The van der Waals surface area contributed by atoms with Crippen molar-refractivity contribution in [2.75, 3.05) is 7.11 Å². The third-order valence-electron chi connectivity index (χ3n) is 3.99. The number of benzene rings is 2. The molecular weight excluding hydrogens is 334 g/mol. The summed E-state index contributed by atoms with van der Waals surface area (Å²) >= 11 is 0. The number of ether oxygens (including phenoxy) is 1. The highest BCUT2D eigenvalue weighted by Gasteiger charge is 2.22. The monoisotopic (exact) mass is 351 g/mol. The summed E-state index contributed by atoms with van der Waals surface area (Å²) in [6.45, 7) is 0. The predicted octanol–water partition coefficient (Wildman–Crippen LogP) is 2.83. The zero-order valence-electron chi connectivity index (χ0n) is 14.1. The van der Waals surface area contributed by atoms with E-state index >= 15 is 0 Å². The second kappa shape index (κ2) is 7.65. The van der Waals surface area contributed by atoms with E-state index in [1.54, 1.807) is 48.5 Å². The first kappa shape index (κ1) is 17.4. The average molecular weight is 351 g/mol. The quantitative estimate of drug-likeness (QED) is 0.564. The van der Waals surface area contributed by atoms with E-state index in [1.807, 2.05) is 6.07 Å². The van der Waals surface area contributed by atoms with Crippen molar-refractivity contribution < 1.29 is 18.7 Å². The molecule has 0 fully saturated rings. The molecule has 1 aromatic heterocycles. The Morgan fingerprint density at radius 1 is 1.08 bits per heavy atom. The summed E-state index contributed by atoms with van der Waals surface area (Å²) in [6, 6.07) is 16.8. The van der Waals surface area contributed by atoms with Gasteiger partial charge >= 0.3 is 11.6 Å².